The predicted octanol–water partition coefficient (Wildman–Crippen LogP) is 3.71. The van der Waals surface area contributed by atoms with E-state index in [9.17, 15) is 19.1 Å². The van der Waals surface area contributed by atoms with Crippen molar-refractivity contribution in [3.8, 4) is 11.5 Å². The molecule has 0 radical (unpaired) electrons. The summed E-state index contributed by atoms with van der Waals surface area (Å²) < 4.78 is 24.5. The quantitative estimate of drug-likeness (QED) is 0.622. The molecule has 9 heteroatoms. The van der Waals surface area contributed by atoms with Crippen LogP contribution < -0.4 is 14.8 Å². The lowest BCUT2D eigenvalue weighted by molar-refractivity contribution is -0.139. The van der Waals surface area contributed by atoms with Gasteiger partial charge in [-0.05, 0) is 65.8 Å². The zero-order chi connectivity index (χ0) is 23.3. The van der Waals surface area contributed by atoms with Crippen molar-refractivity contribution < 1.29 is 28.6 Å². The second-order valence-corrected chi connectivity index (χ2v) is 8.41. The molecule has 0 aliphatic carbocycles. The fourth-order valence-electron chi connectivity index (χ4n) is 3.89. The van der Waals surface area contributed by atoms with Crippen molar-refractivity contribution in [1.82, 2.24) is 10.2 Å². The van der Waals surface area contributed by atoms with Crippen LogP contribution in [0, 0.1) is 5.82 Å². The molecule has 0 bridgehead atoms. The standard InChI is InChI=1S/C23H27FN2O5S/c1-30-19-12-15-8-10-26(23(29)25-18(22(27)28)9-11-32-3)21(17(15)13-20(19)31-2)14-4-6-16(24)7-5-14/h4-7,12-13,18,21H,8-11H2,1-3H3,(H,25,29)(H,27,28)/t18-,21+/m0/s1. The number of aliphatic carboxylic acids is 1. The number of carbonyl (C=O) groups excluding carboxylic acids is 1. The van der Waals surface area contributed by atoms with Gasteiger partial charge in [-0.3, -0.25) is 0 Å². The summed E-state index contributed by atoms with van der Waals surface area (Å²) >= 11 is 1.52. The van der Waals surface area contributed by atoms with Crippen LogP contribution in [0.15, 0.2) is 36.4 Å². The van der Waals surface area contributed by atoms with Crippen molar-refractivity contribution in [3.63, 3.8) is 0 Å². The summed E-state index contributed by atoms with van der Waals surface area (Å²) in [6.45, 7) is 0.366. The third kappa shape index (κ3) is 5.09. The molecule has 32 heavy (non-hydrogen) atoms. The number of carboxylic acid groups (broad SMARTS) is 1. The van der Waals surface area contributed by atoms with Crippen LogP contribution in [0.1, 0.15) is 29.2 Å². The minimum absolute atomic E-state index is 0.318. The van der Waals surface area contributed by atoms with Crippen LogP contribution in [0.2, 0.25) is 0 Å². The molecular weight excluding hydrogens is 435 g/mol. The molecule has 2 N–H and O–H groups in total. The second kappa shape index (κ2) is 10.6. The summed E-state index contributed by atoms with van der Waals surface area (Å²) in [7, 11) is 3.10. The van der Waals surface area contributed by atoms with Crippen LogP contribution in [0.5, 0.6) is 11.5 Å². The first kappa shape index (κ1) is 23.7. The van der Waals surface area contributed by atoms with Crippen LogP contribution in [-0.4, -0.2) is 60.8 Å². The minimum atomic E-state index is -1.07. The van der Waals surface area contributed by atoms with Gasteiger partial charge in [0.05, 0.1) is 20.3 Å². The van der Waals surface area contributed by atoms with Crippen molar-refractivity contribution in [2.45, 2.75) is 24.9 Å². The average molecular weight is 463 g/mol. The van der Waals surface area contributed by atoms with E-state index in [4.69, 9.17) is 9.47 Å². The van der Waals surface area contributed by atoms with E-state index in [1.54, 1.807) is 24.1 Å². The van der Waals surface area contributed by atoms with Gasteiger partial charge in [0.15, 0.2) is 11.5 Å². The summed E-state index contributed by atoms with van der Waals surface area (Å²) in [4.78, 5) is 26.5. The summed E-state index contributed by atoms with van der Waals surface area (Å²) in [5, 5.41) is 12.2. The number of carbonyl (C=O) groups is 2. The van der Waals surface area contributed by atoms with Gasteiger partial charge < -0.3 is 24.8 Å². The van der Waals surface area contributed by atoms with Crippen LogP contribution in [0.4, 0.5) is 9.18 Å². The molecule has 0 spiro atoms. The van der Waals surface area contributed by atoms with E-state index in [1.165, 1.54) is 31.0 Å². The zero-order valence-corrected chi connectivity index (χ0v) is 19.1. The maximum atomic E-state index is 13.6. The van der Waals surface area contributed by atoms with Crippen molar-refractivity contribution >= 4 is 23.8 Å². The van der Waals surface area contributed by atoms with Crippen molar-refractivity contribution in [3.05, 3.63) is 58.9 Å². The number of nitrogens with zero attached hydrogens (tertiary/aromatic N) is 1. The number of urea groups is 1. The van der Waals surface area contributed by atoms with Gasteiger partial charge in [0.2, 0.25) is 0 Å². The van der Waals surface area contributed by atoms with Crippen molar-refractivity contribution in [1.29, 1.82) is 0 Å². The molecular formula is C23H27FN2O5S. The first-order valence-corrected chi connectivity index (χ1v) is 11.6. The van der Waals surface area contributed by atoms with Crippen molar-refractivity contribution in [2.75, 3.05) is 32.8 Å². The monoisotopic (exact) mass is 462 g/mol. The van der Waals surface area contributed by atoms with E-state index in [-0.39, 0.29) is 5.82 Å². The molecule has 0 saturated heterocycles. The van der Waals surface area contributed by atoms with E-state index >= 15 is 0 Å². The number of methoxy groups -OCH3 is 2. The summed E-state index contributed by atoms with van der Waals surface area (Å²) in [5.74, 6) is 0.262. The van der Waals surface area contributed by atoms with E-state index < -0.39 is 24.1 Å². The van der Waals surface area contributed by atoms with Crippen LogP contribution in [0.3, 0.4) is 0 Å². The molecule has 3 rings (SSSR count). The molecule has 7 nitrogen and oxygen atoms in total. The Bertz CT molecular complexity index is 970. The number of benzene rings is 2. The van der Waals surface area contributed by atoms with Crippen LogP contribution in [-0.2, 0) is 11.2 Å². The van der Waals surface area contributed by atoms with E-state index in [2.05, 4.69) is 5.32 Å². The molecule has 1 aliphatic rings. The van der Waals surface area contributed by atoms with Gasteiger partial charge in [-0.2, -0.15) is 11.8 Å². The number of thioether (sulfide) groups is 1. The molecule has 0 aromatic heterocycles. The third-order valence-corrected chi connectivity index (χ3v) is 6.17. The Labute approximate surface area is 190 Å². The predicted molar refractivity (Wildman–Crippen MR) is 121 cm³/mol. The number of hydrogen-bond acceptors (Lipinski definition) is 5. The normalized spacial score (nSPS) is 16.1. The number of fused-ring (bicyclic) bond motifs is 1. The Morgan fingerprint density at radius 3 is 2.47 bits per heavy atom. The van der Waals surface area contributed by atoms with Crippen molar-refractivity contribution in [2.24, 2.45) is 0 Å². The third-order valence-electron chi connectivity index (χ3n) is 5.53. The number of hydrogen-bond donors (Lipinski definition) is 2. The van der Waals surface area contributed by atoms with Gasteiger partial charge >= 0.3 is 12.0 Å². The lowest BCUT2D eigenvalue weighted by atomic mass is 9.87. The maximum absolute atomic E-state index is 13.6. The van der Waals surface area contributed by atoms with Gasteiger partial charge in [0.25, 0.3) is 0 Å². The zero-order valence-electron chi connectivity index (χ0n) is 18.3. The Morgan fingerprint density at radius 2 is 1.88 bits per heavy atom. The highest BCUT2D eigenvalue weighted by molar-refractivity contribution is 7.98. The van der Waals surface area contributed by atoms with Gasteiger partial charge in [-0.15, -0.1) is 0 Å². The van der Waals surface area contributed by atoms with Gasteiger partial charge in [0.1, 0.15) is 11.9 Å². The fraction of sp³-hybridized carbons (Fsp3) is 0.391. The summed E-state index contributed by atoms with van der Waals surface area (Å²) in [6, 6.07) is 7.67. The molecule has 1 aliphatic heterocycles. The second-order valence-electron chi connectivity index (χ2n) is 7.43. The number of ether oxygens (including phenoxy) is 2. The van der Waals surface area contributed by atoms with Gasteiger partial charge in [-0.1, -0.05) is 12.1 Å². The Hall–Kier alpha value is -2.94. The fourth-order valence-corrected chi connectivity index (χ4v) is 4.37. The molecule has 172 valence electrons. The number of halogens is 1. The molecule has 1 heterocycles. The van der Waals surface area contributed by atoms with Gasteiger partial charge in [0, 0.05) is 6.54 Å². The maximum Gasteiger partial charge on any atom is 0.326 e. The smallest absolute Gasteiger partial charge is 0.326 e. The highest BCUT2D eigenvalue weighted by Gasteiger charge is 2.35. The number of rotatable bonds is 8. The molecule has 0 unspecified atom stereocenters. The molecule has 2 atom stereocenters. The summed E-state index contributed by atoms with van der Waals surface area (Å²) in [5.41, 5.74) is 2.52. The molecule has 2 amide bonds. The first-order valence-electron chi connectivity index (χ1n) is 10.2. The van der Waals surface area contributed by atoms with Gasteiger partial charge in [-0.25, -0.2) is 14.0 Å². The number of amides is 2. The molecule has 2 aromatic carbocycles. The molecule has 0 saturated carbocycles. The lowest BCUT2D eigenvalue weighted by Gasteiger charge is -2.38. The van der Waals surface area contributed by atoms with E-state index in [1.807, 2.05) is 18.4 Å². The topological polar surface area (TPSA) is 88.1 Å². The lowest BCUT2D eigenvalue weighted by Crippen LogP contribution is -2.51. The number of nitrogens with one attached hydrogen (secondary N) is 1. The molecule has 2 aromatic rings. The summed E-state index contributed by atoms with van der Waals surface area (Å²) in [6.07, 6.45) is 2.76. The SMILES string of the molecule is COc1cc2c(cc1OC)[C@@H](c1ccc(F)cc1)N(C(=O)N[C@@H](CCSC)C(=O)O)CC2. The average Bonchev–Trinajstić information content (AvgIpc) is 2.80. The Balaban J connectivity index is 2.01. The Kier molecular flexibility index (Phi) is 7.84. The first-order chi connectivity index (χ1) is 15.4. The van der Waals surface area contributed by atoms with Crippen LogP contribution in [0.25, 0.3) is 0 Å². The van der Waals surface area contributed by atoms with Crippen LogP contribution >= 0.6 is 11.8 Å². The molecule has 0 fully saturated rings. The highest BCUT2D eigenvalue weighted by atomic mass is 32.2. The number of carboxylic acids is 1. The largest absolute Gasteiger partial charge is 0.493 e. The van der Waals surface area contributed by atoms with E-state index in [0.29, 0.717) is 42.2 Å². The minimum Gasteiger partial charge on any atom is -0.493 e. The van der Waals surface area contributed by atoms with E-state index in [0.717, 1.165) is 11.1 Å². The Morgan fingerprint density at radius 1 is 1.22 bits per heavy atom. The highest BCUT2D eigenvalue weighted by Crippen LogP contribution is 2.41.